The number of nitrogens with zero attached hydrogens (tertiary/aromatic N) is 2. The van der Waals surface area contributed by atoms with Crippen LogP contribution < -0.4 is 9.64 Å². The third-order valence-electron chi connectivity index (χ3n) is 4.24. The summed E-state index contributed by atoms with van der Waals surface area (Å²) >= 11 is 12.2. The fourth-order valence-electron chi connectivity index (χ4n) is 2.92. The molecular weight excluding hydrogens is 375 g/mol. The van der Waals surface area contributed by atoms with Crippen molar-refractivity contribution in [1.82, 2.24) is 4.90 Å². The standard InChI is InChI=1S/C19H18Cl2N2O3/c1-26-17-8-7-14(21)11-16(17)19(25)23(12-22-9-3-6-18(22)24)15-5-2-4-13(20)10-15/h2,4-5,7-8,10-11H,3,6,9,12H2,1H3. The van der Waals surface area contributed by atoms with Crippen molar-refractivity contribution in [2.24, 2.45) is 0 Å². The first kappa shape index (κ1) is 18.5. The maximum absolute atomic E-state index is 13.3. The predicted molar refractivity (Wildman–Crippen MR) is 102 cm³/mol. The molecule has 2 aromatic rings. The minimum atomic E-state index is -0.314. The molecule has 5 nitrogen and oxygen atoms in total. The van der Waals surface area contributed by atoms with Crippen molar-refractivity contribution in [3.8, 4) is 5.75 Å². The Kier molecular flexibility index (Phi) is 5.69. The number of amides is 2. The molecule has 1 saturated heterocycles. The molecule has 0 aromatic heterocycles. The summed E-state index contributed by atoms with van der Waals surface area (Å²) < 4.78 is 5.31. The average molecular weight is 393 g/mol. The summed E-state index contributed by atoms with van der Waals surface area (Å²) in [7, 11) is 1.49. The largest absolute Gasteiger partial charge is 0.496 e. The molecule has 1 fully saturated rings. The van der Waals surface area contributed by atoms with Gasteiger partial charge in [-0.3, -0.25) is 14.5 Å². The Balaban J connectivity index is 2.01. The van der Waals surface area contributed by atoms with E-state index in [9.17, 15) is 9.59 Å². The SMILES string of the molecule is COc1ccc(Cl)cc1C(=O)N(CN1CCCC1=O)c1cccc(Cl)c1. The minimum Gasteiger partial charge on any atom is -0.496 e. The van der Waals surface area contributed by atoms with Gasteiger partial charge in [0.25, 0.3) is 5.91 Å². The monoisotopic (exact) mass is 392 g/mol. The molecular formula is C19H18Cl2N2O3. The first-order valence-electron chi connectivity index (χ1n) is 8.18. The van der Waals surface area contributed by atoms with Crippen LogP contribution in [0.2, 0.25) is 10.0 Å². The van der Waals surface area contributed by atoms with Crippen LogP contribution in [-0.2, 0) is 4.79 Å². The van der Waals surface area contributed by atoms with Crippen LogP contribution in [-0.4, -0.2) is 37.0 Å². The Labute approximate surface area is 162 Å². The molecule has 0 unspecified atom stereocenters. The van der Waals surface area contributed by atoms with Crippen molar-refractivity contribution in [2.75, 3.05) is 25.2 Å². The normalized spacial score (nSPS) is 13.8. The molecule has 0 N–H and O–H groups in total. The quantitative estimate of drug-likeness (QED) is 0.764. The van der Waals surface area contributed by atoms with E-state index in [1.807, 2.05) is 0 Å². The first-order chi connectivity index (χ1) is 12.5. The number of methoxy groups -OCH3 is 1. The van der Waals surface area contributed by atoms with E-state index in [0.717, 1.165) is 6.42 Å². The summed E-state index contributed by atoms with van der Waals surface area (Å²) in [5.74, 6) is 0.133. The molecule has 0 radical (unpaired) electrons. The molecule has 2 aromatic carbocycles. The lowest BCUT2D eigenvalue weighted by Gasteiger charge is -2.28. The van der Waals surface area contributed by atoms with Crippen molar-refractivity contribution in [3.63, 3.8) is 0 Å². The number of carbonyl (C=O) groups is 2. The van der Waals surface area contributed by atoms with Gasteiger partial charge >= 0.3 is 0 Å². The molecule has 0 saturated carbocycles. The summed E-state index contributed by atoms with van der Waals surface area (Å²) in [6.07, 6.45) is 1.29. The van der Waals surface area contributed by atoms with Gasteiger partial charge in [0.1, 0.15) is 12.4 Å². The maximum atomic E-state index is 13.3. The number of rotatable bonds is 5. The van der Waals surface area contributed by atoms with Crippen molar-refractivity contribution in [2.45, 2.75) is 12.8 Å². The fourth-order valence-corrected chi connectivity index (χ4v) is 3.28. The number of anilines is 1. The van der Waals surface area contributed by atoms with Gasteiger partial charge in [0.05, 0.1) is 12.7 Å². The summed E-state index contributed by atoms with van der Waals surface area (Å²) in [5.41, 5.74) is 0.927. The second-order valence-electron chi connectivity index (χ2n) is 5.96. The van der Waals surface area contributed by atoms with Gasteiger partial charge in [0.2, 0.25) is 5.91 Å². The van der Waals surface area contributed by atoms with Gasteiger partial charge in [0.15, 0.2) is 0 Å². The number of carbonyl (C=O) groups excluding carboxylic acids is 2. The van der Waals surface area contributed by atoms with Crippen molar-refractivity contribution < 1.29 is 14.3 Å². The lowest BCUT2D eigenvalue weighted by atomic mass is 10.1. The van der Waals surface area contributed by atoms with E-state index in [1.165, 1.54) is 12.0 Å². The molecule has 26 heavy (non-hydrogen) atoms. The van der Waals surface area contributed by atoms with E-state index in [4.69, 9.17) is 27.9 Å². The Morgan fingerprint density at radius 1 is 1.19 bits per heavy atom. The Morgan fingerprint density at radius 3 is 2.62 bits per heavy atom. The van der Waals surface area contributed by atoms with Crippen LogP contribution in [0.25, 0.3) is 0 Å². The molecule has 0 bridgehead atoms. The number of ether oxygens (including phenoxy) is 1. The second kappa shape index (κ2) is 7.98. The molecule has 0 spiro atoms. The van der Waals surface area contributed by atoms with Crippen LogP contribution in [0.15, 0.2) is 42.5 Å². The topological polar surface area (TPSA) is 49.9 Å². The highest BCUT2D eigenvalue weighted by Crippen LogP contribution is 2.28. The van der Waals surface area contributed by atoms with E-state index in [1.54, 1.807) is 47.4 Å². The highest BCUT2D eigenvalue weighted by atomic mass is 35.5. The number of likely N-dealkylation sites (tertiary alicyclic amines) is 1. The first-order valence-corrected chi connectivity index (χ1v) is 8.94. The maximum Gasteiger partial charge on any atom is 0.263 e. The lowest BCUT2D eigenvalue weighted by molar-refractivity contribution is -0.127. The van der Waals surface area contributed by atoms with Crippen LogP contribution in [0.5, 0.6) is 5.75 Å². The number of halogens is 2. The third-order valence-corrected chi connectivity index (χ3v) is 4.71. The molecule has 1 aliphatic heterocycles. The van der Waals surface area contributed by atoms with Crippen molar-refractivity contribution in [3.05, 3.63) is 58.1 Å². The zero-order valence-electron chi connectivity index (χ0n) is 14.2. The Bertz CT molecular complexity index is 841. The minimum absolute atomic E-state index is 0.0305. The van der Waals surface area contributed by atoms with Crippen molar-refractivity contribution >= 4 is 40.7 Å². The second-order valence-corrected chi connectivity index (χ2v) is 6.83. The van der Waals surface area contributed by atoms with Crippen LogP contribution in [0, 0.1) is 0 Å². The van der Waals surface area contributed by atoms with Crippen LogP contribution >= 0.6 is 23.2 Å². The van der Waals surface area contributed by atoms with Gasteiger partial charge in [0, 0.05) is 28.7 Å². The molecule has 0 aliphatic carbocycles. The zero-order valence-corrected chi connectivity index (χ0v) is 15.8. The molecule has 0 atom stereocenters. The van der Waals surface area contributed by atoms with E-state index < -0.39 is 0 Å². The van der Waals surface area contributed by atoms with Gasteiger partial charge in [-0.25, -0.2) is 0 Å². The molecule has 1 aliphatic rings. The molecule has 136 valence electrons. The van der Waals surface area contributed by atoms with Crippen LogP contribution in [0.1, 0.15) is 23.2 Å². The van der Waals surface area contributed by atoms with Crippen LogP contribution in [0.3, 0.4) is 0 Å². The molecule has 2 amide bonds. The fraction of sp³-hybridized carbons (Fsp3) is 0.263. The highest BCUT2D eigenvalue weighted by Gasteiger charge is 2.28. The van der Waals surface area contributed by atoms with Gasteiger partial charge in [-0.1, -0.05) is 29.3 Å². The van der Waals surface area contributed by atoms with E-state index in [0.29, 0.717) is 40.0 Å². The Hall–Kier alpha value is -2.24. The van der Waals surface area contributed by atoms with E-state index in [-0.39, 0.29) is 18.5 Å². The number of hydrogen-bond acceptors (Lipinski definition) is 3. The smallest absolute Gasteiger partial charge is 0.263 e. The number of hydrogen-bond donors (Lipinski definition) is 0. The number of benzene rings is 2. The molecule has 1 heterocycles. The lowest BCUT2D eigenvalue weighted by Crippen LogP contribution is -2.42. The highest BCUT2D eigenvalue weighted by molar-refractivity contribution is 6.31. The van der Waals surface area contributed by atoms with Gasteiger partial charge in [-0.05, 0) is 42.8 Å². The average Bonchev–Trinajstić information content (AvgIpc) is 3.03. The van der Waals surface area contributed by atoms with E-state index >= 15 is 0 Å². The molecule has 7 heteroatoms. The summed E-state index contributed by atoms with van der Waals surface area (Å²) in [4.78, 5) is 28.5. The van der Waals surface area contributed by atoms with Crippen LogP contribution in [0.4, 0.5) is 5.69 Å². The van der Waals surface area contributed by atoms with Crippen molar-refractivity contribution in [1.29, 1.82) is 0 Å². The zero-order chi connectivity index (χ0) is 18.7. The van der Waals surface area contributed by atoms with Gasteiger partial charge < -0.3 is 9.64 Å². The third kappa shape index (κ3) is 3.94. The van der Waals surface area contributed by atoms with Gasteiger partial charge in [-0.2, -0.15) is 0 Å². The van der Waals surface area contributed by atoms with E-state index in [2.05, 4.69) is 0 Å². The van der Waals surface area contributed by atoms with Gasteiger partial charge in [-0.15, -0.1) is 0 Å². The summed E-state index contributed by atoms with van der Waals surface area (Å²) in [6, 6.07) is 11.8. The predicted octanol–water partition coefficient (Wildman–Crippen LogP) is 4.23. The summed E-state index contributed by atoms with van der Waals surface area (Å²) in [5, 5.41) is 0.934. The molecule has 3 rings (SSSR count). The summed E-state index contributed by atoms with van der Waals surface area (Å²) in [6.45, 7) is 0.767. The Morgan fingerprint density at radius 2 is 1.96 bits per heavy atom.